The molecule has 4 N–H and O–H groups in total. The molecule has 0 aromatic heterocycles. The van der Waals surface area contributed by atoms with Crippen molar-refractivity contribution in [3.63, 3.8) is 0 Å². The van der Waals surface area contributed by atoms with Crippen molar-refractivity contribution in [3.8, 4) is 0 Å². The molecule has 0 spiro atoms. The minimum atomic E-state index is 0. The van der Waals surface area contributed by atoms with E-state index in [0.717, 1.165) is 20.0 Å². The molecule has 3 nitrogen and oxygen atoms in total. The summed E-state index contributed by atoms with van der Waals surface area (Å²) in [7, 11) is 1.00. The largest absolute Gasteiger partial charge is 0.412 e. The maximum Gasteiger partial charge on any atom is 0.0430 e. The molecule has 0 aliphatic rings. The monoisotopic (exact) mass is 200 g/mol. The molecule has 13 heavy (non-hydrogen) atoms. The van der Waals surface area contributed by atoms with Gasteiger partial charge in [0.2, 0.25) is 0 Å². The highest BCUT2D eigenvalue weighted by Gasteiger charge is 1.69. The van der Waals surface area contributed by atoms with E-state index in [9.17, 15) is 0 Å². The predicted molar refractivity (Wildman–Crippen MR) is 63.2 cm³/mol. The summed E-state index contributed by atoms with van der Waals surface area (Å²) >= 11 is 0. The van der Waals surface area contributed by atoms with E-state index in [1.54, 1.807) is 0 Å². The highest BCUT2D eigenvalue weighted by Crippen LogP contribution is 1.78. The van der Waals surface area contributed by atoms with Crippen molar-refractivity contribution in [2.75, 3.05) is 13.7 Å². The Morgan fingerprint density at radius 3 is 1.23 bits per heavy atom. The van der Waals surface area contributed by atoms with Crippen molar-refractivity contribution >= 4 is 0 Å². The minimum Gasteiger partial charge on any atom is -0.412 e. The first-order chi connectivity index (χ1) is 5.83. The fourth-order valence-corrected chi connectivity index (χ4v) is 0.158. The molecule has 0 heterocycles. The molecule has 90 valence electrons. The van der Waals surface area contributed by atoms with Crippen molar-refractivity contribution in [2.45, 2.75) is 53.9 Å². The number of unbranched alkanes of at least 4 members (excludes halogenated alkanes) is 1. The first-order valence-corrected chi connectivity index (χ1v) is 4.88. The fraction of sp³-hybridized carbons (Fsp3) is 1.00. The number of hydrogen-bond acceptors (Lipinski definition) is 2. The molecule has 0 amide bonds. The summed E-state index contributed by atoms with van der Waals surface area (Å²) in [6.07, 6.45) is 3.29. The summed E-state index contributed by atoms with van der Waals surface area (Å²) in [5, 5.41) is 15.1. The number of hydrogen-bond donors (Lipinski definition) is 2. The third kappa shape index (κ3) is 328. The Morgan fingerprint density at radius 2 is 1.23 bits per heavy atom. The summed E-state index contributed by atoms with van der Waals surface area (Å²) < 4.78 is 0. The van der Waals surface area contributed by atoms with Gasteiger partial charge in [-0.1, -0.05) is 47.5 Å². The summed E-state index contributed by atoms with van der Waals surface area (Å²) in [6, 6.07) is 0. The molecule has 0 atom stereocenters. The van der Waals surface area contributed by atoms with Gasteiger partial charge in [0.1, 0.15) is 0 Å². The molecule has 0 aliphatic carbocycles. The lowest BCUT2D eigenvalue weighted by atomic mass is 10.4. The Hall–Kier alpha value is -0.120. The van der Waals surface area contributed by atoms with Crippen LogP contribution < -0.4 is 0 Å². The zero-order valence-corrected chi connectivity index (χ0v) is 10.2. The van der Waals surface area contributed by atoms with Crippen molar-refractivity contribution in [2.24, 2.45) is 0 Å². The molecule has 0 saturated carbocycles. The van der Waals surface area contributed by atoms with Gasteiger partial charge in [-0.2, -0.15) is 0 Å². The second-order valence-electron chi connectivity index (χ2n) is 1.78. The zero-order chi connectivity index (χ0) is 10.8. The third-order valence-electron chi connectivity index (χ3n) is 0.512. The molecule has 0 radical (unpaired) electrons. The Kier molecular flexibility index (Phi) is 210. The summed E-state index contributed by atoms with van der Waals surface area (Å²) in [4.78, 5) is 0. The molecule has 3 heteroatoms. The van der Waals surface area contributed by atoms with Gasteiger partial charge in [0.25, 0.3) is 0 Å². The van der Waals surface area contributed by atoms with Gasteiger partial charge in [-0.15, -0.1) is 0 Å². The number of rotatable bonds is 2. The lowest BCUT2D eigenvalue weighted by molar-refractivity contribution is 0.287. The van der Waals surface area contributed by atoms with E-state index >= 15 is 0 Å². The number of aliphatic hydroxyl groups excluding tert-OH is 2. The van der Waals surface area contributed by atoms with Gasteiger partial charge in [0.05, 0.1) is 0 Å². The Labute approximate surface area is 85.6 Å². The standard InChI is InChI=1S/C4H10O.C3H8.C2H6.CH4O.H2O.H2/c1-2-3-4-5;1-3-2;2*1-2;;/h5H,2-4H2,1H3;3H2,1-2H3;1-2H3;2H,1H3;1H2;1H. The van der Waals surface area contributed by atoms with Crippen LogP contribution in [0.2, 0.25) is 0 Å². The van der Waals surface area contributed by atoms with Crippen LogP contribution >= 0.6 is 0 Å². The van der Waals surface area contributed by atoms with Crippen LogP contribution in [0.1, 0.15) is 55.3 Å². The minimum absolute atomic E-state index is 0. The first kappa shape index (κ1) is 29.3. The lowest BCUT2D eigenvalue weighted by Gasteiger charge is -1.79. The summed E-state index contributed by atoms with van der Waals surface area (Å²) in [5.74, 6) is 0. The Bertz CT molecular complexity index is 29.3. The fourth-order valence-electron chi connectivity index (χ4n) is 0.158. The molecule has 0 fully saturated rings. The normalized spacial score (nSPS) is 5.54. The van der Waals surface area contributed by atoms with Crippen molar-refractivity contribution in [3.05, 3.63) is 0 Å². The van der Waals surface area contributed by atoms with Crippen molar-refractivity contribution in [1.29, 1.82) is 0 Å². The molecule has 0 rings (SSSR count). The molecule has 0 unspecified atom stereocenters. The summed E-state index contributed by atoms with van der Waals surface area (Å²) in [6.45, 7) is 10.6. The van der Waals surface area contributed by atoms with E-state index in [1.807, 2.05) is 13.8 Å². The number of aliphatic hydroxyl groups is 2. The van der Waals surface area contributed by atoms with Gasteiger partial charge in [0, 0.05) is 15.1 Å². The average Bonchev–Trinajstić information content (AvgIpc) is 2.14. The maximum absolute atomic E-state index is 8.07. The zero-order valence-electron chi connectivity index (χ0n) is 10.2. The van der Waals surface area contributed by atoms with Crippen LogP contribution in [-0.2, 0) is 0 Å². The second-order valence-corrected chi connectivity index (χ2v) is 1.78. The molecular weight excluding hydrogens is 168 g/mol. The van der Waals surface area contributed by atoms with E-state index in [-0.39, 0.29) is 6.90 Å². The smallest absolute Gasteiger partial charge is 0.0430 e. The highest BCUT2D eigenvalue weighted by molar-refractivity contribution is 4.23. The topological polar surface area (TPSA) is 72.0 Å². The highest BCUT2D eigenvalue weighted by atomic mass is 16.3. The Morgan fingerprint density at radius 1 is 1.00 bits per heavy atom. The van der Waals surface area contributed by atoms with Gasteiger partial charge in [-0.25, -0.2) is 0 Å². The van der Waals surface area contributed by atoms with Crippen molar-refractivity contribution < 1.29 is 17.1 Å². The first-order valence-electron chi connectivity index (χ1n) is 4.88. The van der Waals surface area contributed by atoms with Gasteiger partial charge < -0.3 is 15.7 Å². The molecule has 0 saturated heterocycles. The Balaban J connectivity index is -0.0000000159. The van der Waals surface area contributed by atoms with Crippen LogP contribution in [0.3, 0.4) is 0 Å². The van der Waals surface area contributed by atoms with E-state index in [1.165, 1.54) is 6.42 Å². The van der Waals surface area contributed by atoms with Gasteiger partial charge >= 0.3 is 0 Å². The molecule has 0 aromatic carbocycles. The molecule has 0 aliphatic heterocycles. The van der Waals surface area contributed by atoms with Gasteiger partial charge in [0.15, 0.2) is 0 Å². The quantitative estimate of drug-likeness (QED) is 0.717. The van der Waals surface area contributed by atoms with E-state index in [4.69, 9.17) is 10.2 Å². The van der Waals surface area contributed by atoms with E-state index < -0.39 is 0 Å². The maximum atomic E-state index is 8.07. The predicted octanol–water partition coefficient (Wildman–Crippen LogP) is 2.25. The lowest BCUT2D eigenvalue weighted by Crippen LogP contribution is -1.75. The molecule has 0 aromatic rings. The third-order valence-corrected chi connectivity index (χ3v) is 0.512. The SMILES string of the molecule is CC.CCC.CCCCO.CO.O.[HH]. The average molecular weight is 200 g/mol. The molecule has 0 bridgehead atoms. The van der Waals surface area contributed by atoms with Gasteiger partial charge in [-0.3, -0.25) is 0 Å². The van der Waals surface area contributed by atoms with Crippen LogP contribution in [0, 0.1) is 0 Å². The summed E-state index contributed by atoms with van der Waals surface area (Å²) in [5.41, 5.74) is 0. The van der Waals surface area contributed by atoms with Crippen LogP contribution in [0.4, 0.5) is 0 Å². The van der Waals surface area contributed by atoms with Crippen LogP contribution in [0.15, 0.2) is 0 Å². The van der Waals surface area contributed by atoms with Gasteiger partial charge in [-0.05, 0) is 6.42 Å². The van der Waals surface area contributed by atoms with Crippen molar-refractivity contribution in [1.82, 2.24) is 0 Å². The van der Waals surface area contributed by atoms with Crippen LogP contribution in [-0.4, -0.2) is 29.4 Å². The molecular formula is C10H32O3. The van der Waals surface area contributed by atoms with Crippen LogP contribution in [0.5, 0.6) is 0 Å². The van der Waals surface area contributed by atoms with E-state index in [2.05, 4.69) is 20.8 Å². The second kappa shape index (κ2) is 93.4. The van der Waals surface area contributed by atoms with Crippen LogP contribution in [0.25, 0.3) is 0 Å². The van der Waals surface area contributed by atoms with E-state index in [0.29, 0.717) is 6.61 Å².